The number of nitrogens with one attached hydrogen (secondary N) is 1. The molecule has 21 heavy (non-hydrogen) atoms. The van der Waals surface area contributed by atoms with Crippen molar-refractivity contribution in [3.63, 3.8) is 0 Å². The summed E-state index contributed by atoms with van der Waals surface area (Å²) in [7, 11) is 0. The first kappa shape index (κ1) is 15.5. The van der Waals surface area contributed by atoms with Crippen LogP contribution in [0.1, 0.15) is 35.9 Å². The Kier molecular flexibility index (Phi) is 5.36. The van der Waals surface area contributed by atoms with Crippen molar-refractivity contribution in [3.8, 4) is 5.75 Å². The lowest BCUT2D eigenvalue weighted by Crippen LogP contribution is -2.28. The molecule has 1 unspecified atom stereocenters. The molecule has 0 saturated carbocycles. The second kappa shape index (κ2) is 7.24. The van der Waals surface area contributed by atoms with Gasteiger partial charge in [0, 0.05) is 17.5 Å². The molecular formula is C16H19NO3S. The van der Waals surface area contributed by atoms with E-state index in [1.807, 2.05) is 37.4 Å². The molecule has 5 heteroatoms. The SMILES string of the molecule is CC(C)Oc1cccc(C(O)CNC(=O)c2ccsc2)c1. The summed E-state index contributed by atoms with van der Waals surface area (Å²) in [6.45, 7) is 4.06. The van der Waals surface area contributed by atoms with Crippen LogP contribution in [0, 0.1) is 0 Å². The average molecular weight is 305 g/mol. The number of ether oxygens (including phenoxy) is 1. The molecule has 1 atom stereocenters. The van der Waals surface area contributed by atoms with Gasteiger partial charge in [-0.1, -0.05) is 12.1 Å². The molecule has 0 aliphatic heterocycles. The third-order valence-electron chi connectivity index (χ3n) is 2.85. The molecule has 0 saturated heterocycles. The maximum Gasteiger partial charge on any atom is 0.252 e. The van der Waals surface area contributed by atoms with Crippen molar-refractivity contribution >= 4 is 17.2 Å². The van der Waals surface area contributed by atoms with Gasteiger partial charge in [0.1, 0.15) is 5.75 Å². The number of hydrogen-bond donors (Lipinski definition) is 2. The number of carbonyl (C=O) groups excluding carboxylic acids is 1. The highest BCUT2D eigenvalue weighted by Gasteiger charge is 2.12. The predicted octanol–water partition coefficient (Wildman–Crippen LogP) is 3.00. The summed E-state index contributed by atoms with van der Waals surface area (Å²) < 4.78 is 5.59. The average Bonchev–Trinajstić information content (AvgIpc) is 2.98. The van der Waals surface area contributed by atoms with E-state index in [0.717, 1.165) is 5.56 Å². The molecule has 4 nitrogen and oxygen atoms in total. The van der Waals surface area contributed by atoms with E-state index in [2.05, 4.69) is 5.32 Å². The number of thiophene rings is 1. The summed E-state index contributed by atoms with van der Waals surface area (Å²) in [5.74, 6) is 0.538. The van der Waals surface area contributed by atoms with Gasteiger partial charge in [-0.15, -0.1) is 0 Å². The molecule has 0 bridgehead atoms. The van der Waals surface area contributed by atoms with Gasteiger partial charge in [0.15, 0.2) is 0 Å². The molecular weight excluding hydrogens is 286 g/mol. The second-order valence-electron chi connectivity index (χ2n) is 4.98. The Morgan fingerprint density at radius 1 is 1.38 bits per heavy atom. The molecule has 1 aromatic carbocycles. The molecule has 112 valence electrons. The van der Waals surface area contributed by atoms with E-state index in [0.29, 0.717) is 11.3 Å². The fourth-order valence-electron chi connectivity index (χ4n) is 1.87. The molecule has 0 radical (unpaired) electrons. The number of benzene rings is 1. The third-order valence-corrected chi connectivity index (χ3v) is 3.54. The Labute approximate surface area is 128 Å². The van der Waals surface area contributed by atoms with Gasteiger partial charge in [-0.05, 0) is 43.0 Å². The predicted molar refractivity (Wildman–Crippen MR) is 83.8 cm³/mol. The van der Waals surface area contributed by atoms with E-state index in [4.69, 9.17) is 4.74 Å². The number of amides is 1. The highest BCUT2D eigenvalue weighted by atomic mass is 32.1. The molecule has 2 aromatic rings. The van der Waals surface area contributed by atoms with E-state index in [-0.39, 0.29) is 18.6 Å². The van der Waals surface area contributed by atoms with Gasteiger partial charge < -0.3 is 15.2 Å². The molecule has 2 N–H and O–H groups in total. The first-order chi connectivity index (χ1) is 10.1. The monoisotopic (exact) mass is 305 g/mol. The van der Waals surface area contributed by atoms with Crippen LogP contribution in [-0.4, -0.2) is 23.7 Å². The molecule has 2 rings (SSSR count). The molecule has 0 fully saturated rings. The highest BCUT2D eigenvalue weighted by molar-refractivity contribution is 7.08. The Bertz CT molecular complexity index is 581. The van der Waals surface area contributed by atoms with Crippen molar-refractivity contribution in [1.29, 1.82) is 0 Å². The maximum absolute atomic E-state index is 11.8. The quantitative estimate of drug-likeness (QED) is 0.862. The van der Waals surface area contributed by atoms with Gasteiger partial charge in [0.25, 0.3) is 5.91 Å². The van der Waals surface area contributed by atoms with Crippen LogP contribution in [0.2, 0.25) is 0 Å². The van der Waals surface area contributed by atoms with Crippen molar-refractivity contribution in [2.24, 2.45) is 0 Å². The van der Waals surface area contributed by atoms with Gasteiger partial charge in [0.05, 0.1) is 12.2 Å². The summed E-state index contributed by atoms with van der Waals surface area (Å²) in [5.41, 5.74) is 1.34. The lowest BCUT2D eigenvalue weighted by molar-refractivity contribution is 0.0916. The molecule has 1 heterocycles. The number of rotatable bonds is 6. The topological polar surface area (TPSA) is 58.6 Å². The zero-order chi connectivity index (χ0) is 15.2. The van der Waals surface area contributed by atoms with Crippen LogP contribution in [0.25, 0.3) is 0 Å². The fraction of sp³-hybridized carbons (Fsp3) is 0.312. The van der Waals surface area contributed by atoms with Gasteiger partial charge in [0.2, 0.25) is 0 Å². The van der Waals surface area contributed by atoms with Gasteiger partial charge >= 0.3 is 0 Å². The smallest absolute Gasteiger partial charge is 0.252 e. The normalized spacial score (nSPS) is 12.2. The molecule has 0 aliphatic carbocycles. The lowest BCUT2D eigenvalue weighted by Gasteiger charge is -2.15. The summed E-state index contributed by atoms with van der Waals surface area (Å²) in [6, 6.07) is 9.04. The summed E-state index contributed by atoms with van der Waals surface area (Å²) in [5, 5.41) is 16.5. The van der Waals surface area contributed by atoms with Crippen LogP contribution in [-0.2, 0) is 0 Å². The van der Waals surface area contributed by atoms with E-state index in [1.54, 1.807) is 17.5 Å². The summed E-state index contributed by atoms with van der Waals surface area (Å²) >= 11 is 1.47. The standard InChI is InChI=1S/C16H19NO3S/c1-11(2)20-14-5-3-4-12(8-14)15(18)9-17-16(19)13-6-7-21-10-13/h3-8,10-11,15,18H,9H2,1-2H3,(H,17,19). The fourth-order valence-corrected chi connectivity index (χ4v) is 2.51. The minimum Gasteiger partial charge on any atom is -0.491 e. The maximum atomic E-state index is 11.8. The number of aliphatic hydroxyl groups excluding tert-OH is 1. The molecule has 1 aromatic heterocycles. The number of aliphatic hydroxyl groups is 1. The largest absolute Gasteiger partial charge is 0.491 e. The Morgan fingerprint density at radius 3 is 2.86 bits per heavy atom. The van der Waals surface area contributed by atoms with E-state index in [9.17, 15) is 9.90 Å². The molecule has 0 aliphatic rings. The highest BCUT2D eigenvalue weighted by Crippen LogP contribution is 2.20. The van der Waals surface area contributed by atoms with Crippen LogP contribution in [0.4, 0.5) is 0 Å². The second-order valence-corrected chi connectivity index (χ2v) is 5.76. The first-order valence-electron chi connectivity index (χ1n) is 6.81. The van der Waals surface area contributed by atoms with E-state index >= 15 is 0 Å². The van der Waals surface area contributed by atoms with Gasteiger partial charge in [-0.25, -0.2) is 0 Å². The van der Waals surface area contributed by atoms with Crippen molar-refractivity contribution < 1.29 is 14.6 Å². The van der Waals surface area contributed by atoms with Crippen LogP contribution in [0.3, 0.4) is 0 Å². The van der Waals surface area contributed by atoms with Crippen LogP contribution < -0.4 is 10.1 Å². The van der Waals surface area contributed by atoms with E-state index < -0.39 is 6.10 Å². The molecule has 0 spiro atoms. The van der Waals surface area contributed by atoms with Crippen LogP contribution in [0.15, 0.2) is 41.1 Å². The van der Waals surface area contributed by atoms with Gasteiger partial charge in [-0.2, -0.15) is 11.3 Å². The van der Waals surface area contributed by atoms with E-state index in [1.165, 1.54) is 11.3 Å². The summed E-state index contributed by atoms with van der Waals surface area (Å²) in [6.07, 6.45) is -0.681. The first-order valence-corrected chi connectivity index (χ1v) is 7.75. The third kappa shape index (κ3) is 4.58. The minimum absolute atomic E-state index is 0.0793. The van der Waals surface area contributed by atoms with Crippen LogP contribution >= 0.6 is 11.3 Å². The number of carbonyl (C=O) groups is 1. The van der Waals surface area contributed by atoms with Crippen molar-refractivity contribution in [1.82, 2.24) is 5.32 Å². The van der Waals surface area contributed by atoms with Crippen molar-refractivity contribution in [3.05, 3.63) is 52.2 Å². The van der Waals surface area contributed by atoms with Crippen molar-refractivity contribution in [2.75, 3.05) is 6.54 Å². The Morgan fingerprint density at radius 2 is 2.19 bits per heavy atom. The zero-order valence-corrected chi connectivity index (χ0v) is 12.9. The molecule has 1 amide bonds. The lowest BCUT2D eigenvalue weighted by atomic mass is 10.1. The summed E-state index contributed by atoms with van der Waals surface area (Å²) in [4.78, 5) is 11.8. The van der Waals surface area contributed by atoms with Crippen LogP contribution in [0.5, 0.6) is 5.75 Å². The van der Waals surface area contributed by atoms with Gasteiger partial charge in [-0.3, -0.25) is 4.79 Å². The van der Waals surface area contributed by atoms with Crippen molar-refractivity contribution in [2.45, 2.75) is 26.1 Å². The minimum atomic E-state index is -0.761. The number of hydrogen-bond acceptors (Lipinski definition) is 4. The Hall–Kier alpha value is -1.85. The Balaban J connectivity index is 1.94. The zero-order valence-electron chi connectivity index (χ0n) is 12.1.